The van der Waals surface area contributed by atoms with Crippen LogP contribution >= 0.6 is 15.9 Å². The number of likely N-dealkylation sites (tertiary alicyclic amines) is 1. The third kappa shape index (κ3) is 6.62. The number of esters is 1. The Balaban J connectivity index is 1.57. The second-order valence-corrected chi connectivity index (χ2v) is 13.3. The van der Waals surface area contributed by atoms with Gasteiger partial charge in [-0.2, -0.15) is 0 Å². The fourth-order valence-electron chi connectivity index (χ4n) is 7.22. The first-order valence-corrected chi connectivity index (χ1v) is 17.0. The van der Waals surface area contributed by atoms with Crippen LogP contribution in [0, 0.1) is 11.8 Å². The van der Waals surface area contributed by atoms with Gasteiger partial charge in [0, 0.05) is 36.6 Å². The SMILES string of the molecule is CCCC(C)N1C/C=C\CCC(=O)NC[C@@H](c2ccccc2)OC(=O)[C@@H]2[C@H]3O[C@@]4(C=C3Br)[C@H](C1=O)N(CCCCCO)C(=O)[C@@H]24. The van der Waals surface area contributed by atoms with E-state index in [0.29, 0.717) is 48.8 Å². The standard InChI is InChI=1S/C34H44BrN3O7/c1-3-13-22(2)37-17-10-5-9-16-26(40)36-21-25(23-14-7-4-8-15-23)44-33(43)27-28-31(41)38(18-11-6-12-19-39)30(32(37)42)34(28)20-24(35)29(27)45-34/h4-5,7-8,10,14-15,20,22,25,27-30,39H,3,6,9,11-13,16-19,21H2,1-2H3,(H,36,40)/b10-5-/t22?,25-,27-,28+,29-,30-,34+/m0/s1. The number of halogens is 1. The van der Waals surface area contributed by atoms with Gasteiger partial charge >= 0.3 is 5.97 Å². The molecule has 1 aromatic rings. The van der Waals surface area contributed by atoms with Gasteiger partial charge in [-0.3, -0.25) is 19.2 Å². The molecule has 7 atom stereocenters. The minimum atomic E-state index is -1.34. The Labute approximate surface area is 273 Å². The van der Waals surface area contributed by atoms with Gasteiger partial charge in [0.2, 0.25) is 17.7 Å². The second-order valence-electron chi connectivity index (χ2n) is 12.4. The Morgan fingerprint density at radius 3 is 2.60 bits per heavy atom. The summed E-state index contributed by atoms with van der Waals surface area (Å²) >= 11 is 3.60. The molecule has 4 aliphatic heterocycles. The minimum Gasteiger partial charge on any atom is -0.455 e. The average molecular weight is 687 g/mol. The Hall–Kier alpha value is -3.02. The highest BCUT2D eigenvalue weighted by atomic mass is 79.9. The molecule has 5 rings (SSSR count). The lowest BCUT2D eigenvalue weighted by Gasteiger charge is -2.38. The quantitative estimate of drug-likeness (QED) is 0.230. The van der Waals surface area contributed by atoms with Gasteiger partial charge in [-0.05, 0) is 50.7 Å². The van der Waals surface area contributed by atoms with Crippen molar-refractivity contribution >= 4 is 39.6 Å². The van der Waals surface area contributed by atoms with Crippen LogP contribution in [0.2, 0.25) is 0 Å². The zero-order valence-electron chi connectivity index (χ0n) is 26.0. The molecule has 10 nitrogen and oxygen atoms in total. The van der Waals surface area contributed by atoms with Crippen molar-refractivity contribution in [1.29, 1.82) is 0 Å². The third-order valence-electron chi connectivity index (χ3n) is 9.43. The van der Waals surface area contributed by atoms with Crippen molar-refractivity contribution in [2.24, 2.45) is 11.8 Å². The van der Waals surface area contributed by atoms with Crippen molar-refractivity contribution in [2.75, 3.05) is 26.2 Å². The summed E-state index contributed by atoms with van der Waals surface area (Å²) in [5, 5.41) is 12.2. The number of hydrogen-bond acceptors (Lipinski definition) is 7. The van der Waals surface area contributed by atoms with Crippen molar-refractivity contribution in [1.82, 2.24) is 15.1 Å². The number of ether oxygens (including phenoxy) is 2. The molecule has 1 spiro atoms. The minimum absolute atomic E-state index is 0.0505. The number of nitrogens with zero attached hydrogens (tertiary/aromatic N) is 2. The maximum atomic E-state index is 14.7. The Kier molecular flexibility index (Phi) is 10.8. The summed E-state index contributed by atoms with van der Waals surface area (Å²) < 4.78 is 13.3. The molecule has 2 N–H and O–H groups in total. The summed E-state index contributed by atoms with van der Waals surface area (Å²) in [6.07, 6.45) is 8.35. The molecule has 0 radical (unpaired) electrons. The maximum Gasteiger partial charge on any atom is 0.313 e. The highest BCUT2D eigenvalue weighted by Crippen LogP contribution is 2.59. The second kappa shape index (κ2) is 14.6. The number of hydrogen-bond donors (Lipinski definition) is 2. The molecular formula is C34H44BrN3O7. The van der Waals surface area contributed by atoms with Crippen molar-refractivity contribution in [3.63, 3.8) is 0 Å². The molecule has 0 aliphatic carbocycles. The molecular weight excluding hydrogens is 642 g/mol. The van der Waals surface area contributed by atoms with Gasteiger partial charge < -0.3 is 29.7 Å². The molecule has 244 valence electrons. The number of allylic oxidation sites excluding steroid dienone is 1. The first-order valence-electron chi connectivity index (χ1n) is 16.2. The Bertz CT molecular complexity index is 1320. The number of fused-ring (bicyclic) bond motifs is 2. The zero-order valence-corrected chi connectivity index (χ0v) is 27.6. The molecule has 45 heavy (non-hydrogen) atoms. The smallest absolute Gasteiger partial charge is 0.313 e. The van der Waals surface area contributed by atoms with Crippen molar-refractivity contribution in [2.45, 2.75) is 88.7 Å². The van der Waals surface area contributed by atoms with E-state index in [1.165, 1.54) is 0 Å². The van der Waals surface area contributed by atoms with Crippen LogP contribution in [0.4, 0.5) is 0 Å². The lowest BCUT2D eigenvalue weighted by molar-refractivity contribution is -0.160. The van der Waals surface area contributed by atoms with E-state index in [9.17, 15) is 24.3 Å². The fourth-order valence-corrected chi connectivity index (χ4v) is 7.96. The fraction of sp³-hybridized carbons (Fsp3) is 0.588. The van der Waals surface area contributed by atoms with Crippen molar-refractivity contribution < 1.29 is 33.8 Å². The van der Waals surface area contributed by atoms with E-state index in [1.54, 1.807) is 9.80 Å². The van der Waals surface area contributed by atoms with Crippen LogP contribution in [0.5, 0.6) is 0 Å². The van der Waals surface area contributed by atoms with Gasteiger partial charge in [-0.1, -0.05) is 71.8 Å². The number of carbonyl (C=O) groups is 4. The predicted octanol–water partition coefficient (Wildman–Crippen LogP) is 3.79. The number of aliphatic hydroxyl groups excluding tert-OH is 1. The first-order chi connectivity index (χ1) is 21.7. The molecule has 1 aromatic carbocycles. The van der Waals surface area contributed by atoms with Gasteiger partial charge in [-0.15, -0.1) is 0 Å². The van der Waals surface area contributed by atoms with Gasteiger partial charge in [0.25, 0.3) is 0 Å². The van der Waals surface area contributed by atoms with Gasteiger partial charge in [0.1, 0.15) is 29.8 Å². The summed E-state index contributed by atoms with van der Waals surface area (Å²) in [5.74, 6) is -3.23. The van der Waals surface area contributed by atoms with Gasteiger partial charge in [0.15, 0.2) is 0 Å². The van der Waals surface area contributed by atoms with Crippen LogP contribution in [-0.2, 0) is 28.7 Å². The topological polar surface area (TPSA) is 125 Å². The lowest BCUT2D eigenvalue weighted by Crippen LogP contribution is -2.57. The van der Waals surface area contributed by atoms with E-state index in [4.69, 9.17) is 9.47 Å². The Morgan fingerprint density at radius 1 is 1.09 bits per heavy atom. The lowest BCUT2D eigenvalue weighted by atomic mass is 9.74. The maximum absolute atomic E-state index is 14.7. The molecule has 11 heteroatoms. The number of cyclic esters (lactones) is 1. The number of nitrogens with one attached hydrogen (secondary N) is 1. The van der Waals surface area contributed by atoms with Crippen LogP contribution < -0.4 is 5.32 Å². The van der Waals surface area contributed by atoms with E-state index >= 15 is 0 Å². The van der Waals surface area contributed by atoms with E-state index in [1.807, 2.05) is 55.5 Å². The van der Waals surface area contributed by atoms with E-state index in [-0.39, 0.29) is 43.3 Å². The zero-order chi connectivity index (χ0) is 32.1. The third-order valence-corrected chi connectivity index (χ3v) is 10.1. The monoisotopic (exact) mass is 685 g/mol. The van der Waals surface area contributed by atoms with E-state index < -0.39 is 41.7 Å². The summed E-state index contributed by atoms with van der Waals surface area (Å²) in [5.41, 5.74) is -0.620. The number of unbranched alkanes of at least 4 members (excludes halogenated alkanes) is 2. The molecule has 5 bridgehead atoms. The molecule has 2 saturated heterocycles. The number of carbonyl (C=O) groups excluding carboxylic acids is 4. The average Bonchev–Trinajstić information content (AvgIpc) is 3.62. The van der Waals surface area contributed by atoms with Crippen LogP contribution in [0.25, 0.3) is 0 Å². The summed E-state index contributed by atoms with van der Waals surface area (Å²) in [7, 11) is 0. The van der Waals surface area contributed by atoms with Gasteiger partial charge in [0.05, 0.1) is 12.5 Å². The summed E-state index contributed by atoms with van der Waals surface area (Å²) in [6, 6.07) is 8.12. The largest absolute Gasteiger partial charge is 0.455 e. The van der Waals surface area contributed by atoms with Crippen LogP contribution in [0.15, 0.2) is 53.0 Å². The van der Waals surface area contributed by atoms with Crippen LogP contribution in [-0.4, -0.2) is 88.6 Å². The Morgan fingerprint density at radius 2 is 1.87 bits per heavy atom. The van der Waals surface area contributed by atoms with Crippen molar-refractivity contribution in [3.05, 3.63) is 58.6 Å². The molecule has 4 heterocycles. The highest BCUT2D eigenvalue weighted by molar-refractivity contribution is 9.11. The molecule has 2 fully saturated rings. The number of amides is 3. The molecule has 1 unspecified atom stereocenters. The predicted molar refractivity (Wildman–Crippen MR) is 171 cm³/mol. The van der Waals surface area contributed by atoms with Crippen molar-refractivity contribution in [3.8, 4) is 0 Å². The molecule has 0 saturated carbocycles. The number of rotatable bonds is 9. The van der Waals surface area contributed by atoms with Gasteiger partial charge in [-0.25, -0.2) is 0 Å². The first kappa shape index (κ1) is 33.3. The van der Waals surface area contributed by atoms with E-state index in [2.05, 4.69) is 28.2 Å². The molecule has 4 aliphatic rings. The van der Waals surface area contributed by atoms with Crippen LogP contribution in [0.1, 0.15) is 70.5 Å². The molecule has 3 amide bonds. The summed E-state index contributed by atoms with van der Waals surface area (Å²) in [6.45, 7) is 4.83. The number of benzene rings is 1. The molecule has 0 aromatic heterocycles. The normalized spacial score (nSPS) is 31.8. The summed E-state index contributed by atoms with van der Waals surface area (Å²) in [4.78, 5) is 59.4. The van der Waals surface area contributed by atoms with Crippen LogP contribution in [0.3, 0.4) is 0 Å². The van der Waals surface area contributed by atoms with E-state index in [0.717, 1.165) is 12.8 Å². The highest BCUT2D eigenvalue weighted by Gasteiger charge is 2.75. The number of aliphatic hydroxyl groups is 1.